The van der Waals surface area contributed by atoms with Crippen molar-refractivity contribution in [3.63, 3.8) is 0 Å². The van der Waals surface area contributed by atoms with Gasteiger partial charge in [0.25, 0.3) is 5.88 Å². The van der Waals surface area contributed by atoms with Crippen LogP contribution >= 0.6 is 23.3 Å². The summed E-state index contributed by atoms with van der Waals surface area (Å²) in [6.45, 7) is 2.58. The van der Waals surface area contributed by atoms with Crippen LogP contribution in [0.15, 0.2) is 24.3 Å². The van der Waals surface area contributed by atoms with Crippen LogP contribution in [0.25, 0.3) is 0 Å². The molecule has 2 aromatic rings. The zero-order valence-corrected chi connectivity index (χ0v) is 12.7. The van der Waals surface area contributed by atoms with Gasteiger partial charge in [-0.2, -0.15) is 4.37 Å². The summed E-state index contributed by atoms with van der Waals surface area (Å²) in [5, 5.41) is 0.734. The summed E-state index contributed by atoms with van der Waals surface area (Å²) in [6.07, 6.45) is 3.73. The molecule has 6 heteroatoms. The molecule has 0 N–H and O–H groups in total. The minimum atomic E-state index is 0.490. The number of piperidine rings is 1. The zero-order valence-electron chi connectivity index (χ0n) is 11.1. The molecule has 0 unspecified atom stereocenters. The molecule has 3 rings (SSSR count). The van der Waals surface area contributed by atoms with Crippen LogP contribution in [-0.2, 0) is 6.61 Å². The van der Waals surface area contributed by atoms with E-state index in [9.17, 15) is 0 Å². The second-order valence-corrected chi connectivity index (χ2v) is 5.82. The van der Waals surface area contributed by atoms with Crippen molar-refractivity contribution in [1.29, 1.82) is 0 Å². The van der Waals surface area contributed by atoms with E-state index in [2.05, 4.69) is 13.6 Å². The minimum absolute atomic E-state index is 0.490. The highest BCUT2D eigenvalue weighted by molar-refractivity contribution is 6.99. The molecule has 0 atom stereocenters. The molecule has 0 bridgehead atoms. The molecule has 1 aromatic heterocycles. The van der Waals surface area contributed by atoms with Crippen LogP contribution in [0, 0.1) is 0 Å². The Hall–Kier alpha value is -1.33. The van der Waals surface area contributed by atoms with Gasteiger partial charge in [-0.1, -0.05) is 23.7 Å². The first-order valence-corrected chi connectivity index (χ1v) is 7.88. The lowest BCUT2D eigenvalue weighted by Crippen LogP contribution is -2.30. The van der Waals surface area contributed by atoms with E-state index >= 15 is 0 Å². The Labute approximate surface area is 127 Å². The fourth-order valence-electron chi connectivity index (χ4n) is 2.30. The summed E-state index contributed by atoms with van der Waals surface area (Å²) >= 11 is 7.08. The van der Waals surface area contributed by atoms with Crippen molar-refractivity contribution in [3.8, 4) is 5.88 Å². The van der Waals surface area contributed by atoms with Gasteiger partial charge in [-0.25, -0.2) is 0 Å². The van der Waals surface area contributed by atoms with Crippen LogP contribution in [0.1, 0.15) is 24.8 Å². The van der Waals surface area contributed by atoms with E-state index in [0.717, 1.165) is 29.5 Å². The fraction of sp³-hybridized carbons (Fsp3) is 0.429. The summed E-state index contributed by atoms with van der Waals surface area (Å²) in [5.41, 5.74) is 1.08. The monoisotopic (exact) mass is 309 g/mol. The Morgan fingerprint density at radius 2 is 1.85 bits per heavy atom. The molecule has 0 saturated carbocycles. The summed E-state index contributed by atoms with van der Waals surface area (Å²) in [6, 6.07) is 7.65. The zero-order chi connectivity index (χ0) is 13.8. The highest BCUT2D eigenvalue weighted by Gasteiger charge is 2.19. The predicted molar refractivity (Wildman–Crippen MR) is 81.8 cm³/mol. The molecule has 0 amide bonds. The predicted octanol–water partition coefficient (Wildman–Crippen LogP) is 3.76. The lowest BCUT2D eigenvalue weighted by atomic mass is 10.1. The standard InChI is InChI=1S/C14H16ClN3OS/c15-12-6-4-11(5-7-12)10-19-14-13(16-20-17-14)18-8-2-1-3-9-18/h4-7H,1-3,8-10H2. The Bertz CT molecular complexity index is 552. The fourth-order valence-corrected chi connectivity index (χ4v) is 2.94. The highest BCUT2D eigenvalue weighted by atomic mass is 35.5. The maximum absolute atomic E-state index is 5.87. The van der Waals surface area contributed by atoms with Crippen molar-refractivity contribution in [3.05, 3.63) is 34.9 Å². The van der Waals surface area contributed by atoms with E-state index < -0.39 is 0 Å². The third kappa shape index (κ3) is 3.22. The van der Waals surface area contributed by atoms with Crippen LogP contribution in [0.4, 0.5) is 5.82 Å². The van der Waals surface area contributed by atoms with Crippen LogP contribution in [0.5, 0.6) is 5.88 Å². The van der Waals surface area contributed by atoms with Gasteiger partial charge in [-0.05, 0) is 37.0 Å². The van der Waals surface area contributed by atoms with Crippen molar-refractivity contribution in [1.82, 2.24) is 8.75 Å². The van der Waals surface area contributed by atoms with E-state index in [0.29, 0.717) is 12.5 Å². The van der Waals surface area contributed by atoms with E-state index in [1.165, 1.54) is 31.0 Å². The van der Waals surface area contributed by atoms with Gasteiger partial charge in [0.15, 0.2) is 0 Å². The quantitative estimate of drug-likeness (QED) is 0.862. The van der Waals surface area contributed by atoms with Crippen LogP contribution in [0.3, 0.4) is 0 Å². The largest absolute Gasteiger partial charge is 0.470 e. The third-order valence-electron chi connectivity index (χ3n) is 3.39. The smallest absolute Gasteiger partial charge is 0.271 e. The third-order valence-corrected chi connectivity index (χ3v) is 4.14. The summed E-state index contributed by atoms with van der Waals surface area (Å²) in [7, 11) is 0. The molecule has 1 saturated heterocycles. The molecule has 0 spiro atoms. The van der Waals surface area contributed by atoms with E-state index in [1.807, 2.05) is 24.3 Å². The number of rotatable bonds is 4. The van der Waals surface area contributed by atoms with Gasteiger partial charge < -0.3 is 9.64 Å². The number of benzene rings is 1. The first-order chi connectivity index (χ1) is 9.83. The SMILES string of the molecule is Clc1ccc(COc2nsnc2N2CCCCC2)cc1. The number of aromatic nitrogens is 2. The second-order valence-electron chi connectivity index (χ2n) is 4.86. The van der Waals surface area contributed by atoms with E-state index in [1.54, 1.807) is 0 Å². The molecule has 1 fully saturated rings. The first-order valence-electron chi connectivity index (χ1n) is 6.78. The number of hydrogen-bond donors (Lipinski definition) is 0. The van der Waals surface area contributed by atoms with Crippen molar-refractivity contribution < 1.29 is 4.74 Å². The van der Waals surface area contributed by atoms with Gasteiger partial charge in [0, 0.05) is 18.1 Å². The molecule has 1 aliphatic rings. The normalized spacial score (nSPS) is 15.3. The number of anilines is 1. The van der Waals surface area contributed by atoms with Crippen LogP contribution < -0.4 is 9.64 Å². The van der Waals surface area contributed by atoms with Gasteiger partial charge in [0.05, 0.1) is 11.7 Å². The van der Waals surface area contributed by atoms with E-state index in [-0.39, 0.29) is 0 Å². The number of ether oxygens (including phenoxy) is 1. The van der Waals surface area contributed by atoms with Crippen molar-refractivity contribution in [2.45, 2.75) is 25.9 Å². The molecule has 0 aliphatic carbocycles. The molecular weight excluding hydrogens is 294 g/mol. The van der Waals surface area contributed by atoms with Crippen molar-refractivity contribution in [2.75, 3.05) is 18.0 Å². The Morgan fingerprint density at radius 1 is 1.10 bits per heavy atom. The lowest BCUT2D eigenvalue weighted by molar-refractivity contribution is 0.296. The molecule has 1 aromatic carbocycles. The summed E-state index contributed by atoms with van der Waals surface area (Å²) < 4.78 is 14.4. The van der Waals surface area contributed by atoms with Gasteiger partial charge in [0.2, 0.25) is 5.82 Å². The first kappa shape index (κ1) is 13.6. The number of halogens is 1. The van der Waals surface area contributed by atoms with Gasteiger partial charge in [-0.15, -0.1) is 4.37 Å². The summed E-state index contributed by atoms with van der Waals surface area (Å²) in [4.78, 5) is 2.27. The average molecular weight is 310 g/mol. The van der Waals surface area contributed by atoms with Crippen molar-refractivity contribution in [2.24, 2.45) is 0 Å². The Balaban J connectivity index is 1.65. The average Bonchev–Trinajstić information content (AvgIpc) is 2.96. The molecular formula is C14H16ClN3OS. The lowest BCUT2D eigenvalue weighted by Gasteiger charge is -2.26. The molecule has 0 radical (unpaired) electrons. The molecule has 1 aliphatic heterocycles. The topological polar surface area (TPSA) is 38.3 Å². The second kappa shape index (κ2) is 6.41. The molecule has 106 valence electrons. The van der Waals surface area contributed by atoms with E-state index in [4.69, 9.17) is 16.3 Å². The molecule has 2 heterocycles. The molecule has 4 nitrogen and oxygen atoms in total. The highest BCUT2D eigenvalue weighted by Crippen LogP contribution is 2.28. The molecule has 20 heavy (non-hydrogen) atoms. The van der Waals surface area contributed by atoms with Crippen LogP contribution in [0.2, 0.25) is 5.02 Å². The number of hydrogen-bond acceptors (Lipinski definition) is 5. The maximum Gasteiger partial charge on any atom is 0.271 e. The minimum Gasteiger partial charge on any atom is -0.470 e. The van der Waals surface area contributed by atoms with Crippen molar-refractivity contribution >= 4 is 29.1 Å². The maximum atomic E-state index is 5.87. The van der Waals surface area contributed by atoms with Gasteiger partial charge in [-0.3, -0.25) is 0 Å². The Morgan fingerprint density at radius 3 is 2.60 bits per heavy atom. The Kier molecular flexibility index (Phi) is 4.38. The van der Waals surface area contributed by atoms with Gasteiger partial charge >= 0.3 is 0 Å². The number of nitrogens with zero attached hydrogens (tertiary/aromatic N) is 3. The summed E-state index contributed by atoms with van der Waals surface area (Å²) in [5.74, 6) is 1.54. The van der Waals surface area contributed by atoms with Gasteiger partial charge in [0.1, 0.15) is 6.61 Å². The van der Waals surface area contributed by atoms with Crippen LogP contribution in [-0.4, -0.2) is 21.8 Å².